The first-order chi connectivity index (χ1) is 15.8. The lowest BCUT2D eigenvalue weighted by Gasteiger charge is -2.25. The molecule has 6 heteroatoms. The Hall–Kier alpha value is -2.73. The van der Waals surface area contributed by atoms with Crippen molar-refractivity contribution in [1.82, 2.24) is 19.8 Å². The molecule has 33 heavy (non-hydrogen) atoms. The molecule has 0 spiro atoms. The van der Waals surface area contributed by atoms with Crippen LogP contribution in [-0.4, -0.2) is 33.4 Å². The standard InChI is InChI=1S/C27H37FN4O/c1-6-12-32-25-11-10-21(16-29-15-19(2)3)13-24(25)30-26(32)18-31(17-20(4)5)27(33)22-8-7-9-23(28)14-22/h7-11,13-14,19-20,29H,6,12,15-18H2,1-5H3. The number of halogens is 1. The van der Waals surface area contributed by atoms with Gasteiger partial charge in [0.2, 0.25) is 0 Å². The molecule has 0 bridgehead atoms. The van der Waals surface area contributed by atoms with E-state index in [1.54, 1.807) is 17.0 Å². The predicted octanol–water partition coefficient (Wildman–Crippen LogP) is 5.63. The smallest absolute Gasteiger partial charge is 0.254 e. The van der Waals surface area contributed by atoms with E-state index in [2.05, 4.69) is 62.7 Å². The topological polar surface area (TPSA) is 50.2 Å². The molecule has 0 radical (unpaired) electrons. The first-order valence-electron chi connectivity index (χ1n) is 12.0. The Morgan fingerprint density at radius 2 is 1.91 bits per heavy atom. The molecule has 0 aliphatic carbocycles. The highest BCUT2D eigenvalue weighted by molar-refractivity contribution is 5.94. The summed E-state index contributed by atoms with van der Waals surface area (Å²) in [7, 11) is 0. The van der Waals surface area contributed by atoms with Crippen LogP contribution in [0.1, 0.15) is 62.8 Å². The zero-order valence-electron chi connectivity index (χ0n) is 20.6. The van der Waals surface area contributed by atoms with Crippen molar-refractivity contribution in [3.05, 3.63) is 65.2 Å². The lowest BCUT2D eigenvalue weighted by atomic mass is 10.1. The van der Waals surface area contributed by atoms with E-state index in [9.17, 15) is 9.18 Å². The Labute approximate surface area is 197 Å². The fraction of sp³-hybridized carbons (Fsp3) is 0.481. The van der Waals surface area contributed by atoms with Crippen LogP contribution in [0.15, 0.2) is 42.5 Å². The molecular weight excluding hydrogens is 415 g/mol. The fourth-order valence-corrected chi connectivity index (χ4v) is 4.07. The van der Waals surface area contributed by atoms with E-state index in [1.807, 2.05) is 0 Å². The van der Waals surface area contributed by atoms with Crippen molar-refractivity contribution < 1.29 is 9.18 Å². The Bertz CT molecular complexity index is 1070. The van der Waals surface area contributed by atoms with Crippen molar-refractivity contribution in [2.45, 2.75) is 60.7 Å². The van der Waals surface area contributed by atoms with Gasteiger partial charge >= 0.3 is 0 Å². The molecule has 0 aliphatic rings. The maximum Gasteiger partial charge on any atom is 0.254 e. The molecule has 0 atom stereocenters. The molecule has 1 amide bonds. The van der Waals surface area contributed by atoms with Gasteiger partial charge in [0.25, 0.3) is 5.91 Å². The lowest BCUT2D eigenvalue weighted by molar-refractivity contribution is 0.0715. The number of aromatic nitrogens is 2. The maximum absolute atomic E-state index is 13.8. The van der Waals surface area contributed by atoms with Crippen molar-refractivity contribution in [3.8, 4) is 0 Å². The van der Waals surface area contributed by atoms with Crippen LogP contribution >= 0.6 is 0 Å². The van der Waals surface area contributed by atoms with Crippen LogP contribution in [0.2, 0.25) is 0 Å². The molecule has 5 nitrogen and oxygen atoms in total. The van der Waals surface area contributed by atoms with Crippen LogP contribution in [0.3, 0.4) is 0 Å². The van der Waals surface area contributed by atoms with Crippen molar-refractivity contribution in [2.24, 2.45) is 11.8 Å². The number of hydrogen-bond acceptors (Lipinski definition) is 3. The molecule has 1 N–H and O–H groups in total. The predicted molar refractivity (Wildman–Crippen MR) is 133 cm³/mol. The van der Waals surface area contributed by atoms with E-state index in [-0.39, 0.29) is 11.8 Å². The molecule has 0 unspecified atom stereocenters. The minimum absolute atomic E-state index is 0.170. The van der Waals surface area contributed by atoms with Gasteiger partial charge in [-0.2, -0.15) is 0 Å². The van der Waals surface area contributed by atoms with Gasteiger partial charge in [-0.1, -0.05) is 46.8 Å². The second kappa shape index (κ2) is 11.4. The molecule has 2 aromatic carbocycles. The van der Waals surface area contributed by atoms with E-state index in [4.69, 9.17) is 4.98 Å². The molecule has 0 fully saturated rings. The molecule has 0 saturated heterocycles. The SMILES string of the molecule is CCCn1c(CN(CC(C)C)C(=O)c2cccc(F)c2)nc2cc(CNCC(C)C)ccc21. The van der Waals surface area contributed by atoms with E-state index < -0.39 is 5.82 Å². The minimum Gasteiger partial charge on any atom is -0.331 e. The number of hydrogen-bond donors (Lipinski definition) is 1. The number of imidazole rings is 1. The molecule has 3 aromatic rings. The summed E-state index contributed by atoms with van der Waals surface area (Å²) in [5.74, 6) is 1.18. The van der Waals surface area contributed by atoms with Crippen LogP contribution in [0.4, 0.5) is 4.39 Å². The first-order valence-corrected chi connectivity index (χ1v) is 12.0. The van der Waals surface area contributed by atoms with Crippen molar-refractivity contribution in [2.75, 3.05) is 13.1 Å². The Balaban J connectivity index is 1.91. The van der Waals surface area contributed by atoms with Crippen molar-refractivity contribution in [1.29, 1.82) is 0 Å². The number of rotatable bonds is 11. The van der Waals surface area contributed by atoms with Crippen LogP contribution in [-0.2, 0) is 19.6 Å². The lowest BCUT2D eigenvalue weighted by Crippen LogP contribution is -2.34. The van der Waals surface area contributed by atoms with Crippen LogP contribution in [0.25, 0.3) is 11.0 Å². The second-order valence-electron chi connectivity index (χ2n) is 9.62. The number of benzene rings is 2. The summed E-state index contributed by atoms with van der Waals surface area (Å²) in [5.41, 5.74) is 3.60. The minimum atomic E-state index is -0.401. The van der Waals surface area contributed by atoms with E-state index in [0.717, 1.165) is 42.9 Å². The summed E-state index contributed by atoms with van der Waals surface area (Å²) in [6.45, 7) is 14.3. The highest BCUT2D eigenvalue weighted by Gasteiger charge is 2.21. The van der Waals surface area contributed by atoms with Gasteiger partial charge in [-0.25, -0.2) is 9.37 Å². The molecule has 178 valence electrons. The van der Waals surface area contributed by atoms with Gasteiger partial charge in [0.05, 0.1) is 17.6 Å². The van der Waals surface area contributed by atoms with Gasteiger partial charge in [0.1, 0.15) is 11.6 Å². The summed E-state index contributed by atoms with van der Waals surface area (Å²) >= 11 is 0. The number of nitrogens with zero attached hydrogens (tertiary/aromatic N) is 3. The van der Waals surface area contributed by atoms with Gasteiger partial charge in [0, 0.05) is 25.2 Å². The average Bonchev–Trinajstić information content (AvgIpc) is 3.09. The molecule has 3 rings (SSSR count). The highest BCUT2D eigenvalue weighted by Crippen LogP contribution is 2.21. The largest absolute Gasteiger partial charge is 0.331 e. The van der Waals surface area contributed by atoms with Crippen LogP contribution in [0.5, 0.6) is 0 Å². The Kier molecular flexibility index (Phi) is 8.61. The summed E-state index contributed by atoms with van der Waals surface area (Å²) in [4.78, 5) is 20.0. The number of amides is 1. The molecule has 0 saturated carbocycles. The number of aryl methyl sites for hydroxylation is 1. The zero-order chi connectivity index (χ0) is 24.0. The summed E-state index contributed by atoms with van der Waals surface area (Å²) in [6.07, 6.45) is 0.970. The van der Waals surface area contributed by atoms with E-state index in [1.165, 1.54) is 17.7 Å². The summed E-state index contributed by atoms with van der Waals surface area (Å²) in [5, 5.41) is 3.49. The van der Waals surface area contributed by atoms with E-state index >= 15 is 0 Å². The highest BCUT2D eigenvalue weighted by atomic mass is 19.1. The van der Waals surface area contributed by atoms with Gasteiger partial charge in [-0.15, -0.1) is 0 Å². The normalized spacial score (nSPS) is 11.6. The summed E-state index contributed by atoms with van der Waals surface area (Å²) < 4.78 is 16.0. The number of carbonyl (C=O) groups is 1. The fourth-order valence-electron chi connectivity index (χ4n) is 4.07. The second-order valence-corrected chi connectivity index (χ2v) is 9.62. The van der Waals surface area contributed by atoms with Gasteiger partial charge < -0.3 is 14.8 Å². The number of fused-ring (bicyclic) bond motifs is 1. The molecule has 0 aliphatic heterocycles. The first kappa shape index (κ1) is 24.9. The maximum atomic E-state index is 13.8. The van der Waals surface area contributed by atoms with E-state index in [0.29, 0.717) is 24.6 Å². The van der Waals surface area contributed by atoms with Crippen molar-refractivity contribution in [3.63, 3.8) is 0 Å². The van der Waals surface area contributed by atoms with Crippen LogP contribution < -0.4 is 5.32 Å². The number of carbonyl (C=O) groups excluding carboxylic acids is 1. The summed E-state index contributed by atoms with van der Waals surface area (Å²) in [6, 6.07) is 12.3. The molecular formula is C27H37FN4O. The quantitative estimate of drug-likeness (QED) is 0.410. The number of nitrogens with one attached hydrogen (secondary N) is 1. The van der Waals surface area contributed by atoms with Gasteiger partial charge in [-0.05, 0) is 60.7 Å². The van der Waals surface area contributed by atoms with Crippen LogP contribution in [0, 0.1) is 17.7 Å². The third-order valence-corrected chi connectivity index (χ3v) is 5.50. The zero-order valence-corrected chi connectivity index (χ0v) is 20.6. The van der Waals surface area contributed by atoms with Gasteiger partial charge in [0.15, 0.2) is 0 Å². The molecule has 1 aromatic heterocycles. The van der Waals surface area contributed by atoms with Crippen molar-refractivity contribution >= 4 is 16.9 Å². The Morgan fingerprint density at radius 1 is 1.12 bits per heavy atom. The third-order valence-electron chi connectivity index (χ3n) is 5.50. The third kappa shape index (κ3) is 6.64. The Morgan fingerprint density at radius 3 is 2.58 bits per heavy atom. The average molecular weight is 453 g/mol. The van der Waals surface area contributed by atoms with Gasteiger partial charge in [-0.3, -0.25) is 4.79 Å². The molecule has 1 heterocycles. The monoisotopic (exact) mass is 452 g/mol.